The molecule has 0 radical (unpaired) electrons. The highest BCUT2D eigenvalue weighted by Gasteiger charge is 2.30. The summed E-state index contributed by atoms with van der Waals surface area (Å²) >= 11 is 0. The van der Waals surface area contributed by atoms with E-state index >= 15 is 0 Å². The first kappa shape index (κ1) is 16.0. The summed E-state index contributed by atoms with van der Waals surface area (Å²) in [6.07, 6.45) is -0.938. The van der Waals surface area contributed by atoms with E-state index in [1.54, 1.807) is 0 Å². The van der Waals surface area contributed by atoms with Crippen molar-refractivity contribution < 1.29 is 19.4 Å². The van der Waals surface area contributed by atoms with Gasteiger partial charge in [-0.15, -0.1) is 0 Å². The van der Waals surface area contributed by atoms with E-state index in [-0.39, 0.29) is 25.6 Å². The van der Waals surface area contributed by atoms with Crippen LogP contribution >= 0.6 is 0 Å². The lowest BCUT2D eigenvalue weighted by Crippen LogP contribution is -2.39. The first-order valence-corrected chi connectivity index (χ1v) is 7.68. The molecule has 1 aliphatic rings. The molecule has 0 aliphatic carbocycles. The van der Waals surface area contributed by atoms with Crippen LogP contribution in [0.4, 0.5) is 4.79 Å². The Morgan fingerprint density at radius 3 is 2.33 bits per heavy atom. The third kappa shape index (κ3) is 3.72. The molecule has 1 fully saturated rings. The van der Waals surface area contributed by atoms with Gasteiger partial charge in [-0.2, -0.15) is 0 Å². The van der Waals surface area contributed by atoms with E-state index in [9.17, 15) is 14.7 Å². The molecule has 2 aromatic rings. The fraction of sp³-hybridized carbons (Fsp3) is 0.222. The van der Waals surface area contributed by atoms with Crippen LogP contribution < -0.4 is 10.1 Å². The van der Waals surface area contributed by atoms with E-state index in [0.29, 0.717) is 5.75 Å². The number of rotatable bonds is 6. The number of amides is 3. The molecule has 6 nitrogen and oxygen atoms in total. The molecule has 2 N–H and O–H groups in total. The number of ether oxygens (including phenoxy) is 1. The molecule has 1 saturated heterocycles. The molecule has 2 aromatic carbocycles. The Labute approximate surface area is 139 Å². The minimum atomic E-state index is -0.938. The largest absolute Gasteiger partial charge is 0.491 e. The van der Waals surface area contributed by atoms with Gasteiger partial charge in [0, 0.05) is 0 Å². The molecule has 3 rings (SSSR count). The monoisotopic (exact) mass is 326 g/mol. The second-order valence-corrected chi connectivity index (χ2v) is 5.52. The topological polar surface area (TPSA) is 78.9 Å². The molecule has 3 amide bonds. The van der Waals surface area contributed by atoms with Crippen molar-refractivity contribution in [2.45, 2.75) is 6.10 Å². The Morgan fingerprint density at radius 2 is 1.71 bits per heavy atom. The average Bonchev–Trinajstić information content (AvgIpc) is 2.93. The Bertz CT molecular complexity index is 700. The zero-order valence-electron chi connectivity index (χ0n) is 13.0. The number of nitrogens with zero attached hydrogens (tertiary/aromatic N) is 1. The fourth-order valence-electron chi connectivity index (χ4n) is 2.47. The number of carbonyl (C=O) groups is 2. The van der Waals surface area contributed by atoms with E-state index in [0.717, 1.165) is 16.0 Å². The van der Waals surface area contributed by atoms with Gasteiger partial charge >= 0.3 is 6.03 Å². The quantitative estimate of drug-likeness (QED) is 0.791. The zero-order chi connectivity index (χ0) is 16.9. The molecule has 0 spiro atoms. The van der Waals surface area contributed by atoms with Gasteiger partial charge in [0.05, 0.1) is 13.1 Å². The lowest BCUT2D eigenvalue weighted by molar-refractivity contribution is -0.126. The van der Waals surface area contributed by atoms with Gasteiger partial charge in [0.15, 0.2) is 0 Å². The highest BCUT2D eigenvalue weighted by atomic mass is 16.5. The lowest BCUT2D eigenvalue weighted by Gasteiger charge is -2.17. The second-order valence-electron chi connectivity index (χ2n) is 5.52. The number of β-amino-alcohol motifs (C(OH)–C–C–N with tert-alkyl or cyclic N) is 1. The van der Waals surface area contributed by atoms with Gasteiger partial charge in [-0.1, -0.05) is 42.5 Å². The number of urea groups is 1. The number of aliphatic hydroxyl groups is 1. The van der Waals surface area contributed by atoms with E-state index < -0.39 is 12.1 Å². The first-order valence-electron chi connectivity index (χ1n) is 7.68. The maximum absolute atomic E-state index is 11.5. The smallest absolute Gasteiger partial charge is 0.324 e. The first-order chi connectivity index (χ1) is 11.6. The minimum Gasteiger partial charge on any atom is -0.491 e. The van der Waals surface area contributed by atoms with Crippen LogP contribution in [0.25, 0.3) is 11.1 Å². The zero-order valence-corrected chi connectivity index (χ0v) is 13.0. The molecular formula is C18H18N2O4. The van der Waals surface area contributed by atoms with Gasteiger partial charge in [0.25, 0.3) is 0 Å². The molecule has 0 bridgehead atoms. The summed E-state index contributed by atoms with van der Waals surface area (Å²) < 4.78 is 5.52. The second kappa shape index (κ2) is 7.14. The molecule has 0 unspecified atom stereocenters. The summed E-state index contributed by atoms with van der Waals surface area (Å²) in [4.78, 5) is 23.9. The van der Waals surface area contributed by atoms with Crippen molar-refractivity contribution in [1.29, 1.82) is 0 Å². The van der Waals surface area contributed by atoms with Crippen LogP contribution in [-0.2, 0) is 4.79 Å². The van der Waals surface area contributed by atoms with Crippen LogP contribution in [-0.4, -0.2) is 47.7 Å². The van der Waals surface area contributed by atoms with Gasteiger partial charge in [0.2, 0.25) is 5.91 Å². The van der Waals surface area contributed by atoms with Crippen LogP contribution in [0.15, 0.2) is 54.6 Å². The molecule has 6 heteroatoms. The van der Waals surface area contributed by atoms with Crippen LogP contribution in [0.2, 0.25) is 0 Å². The Morgan fingerprint density at radius 1 is 1.04 bits per heavy atom. The normalized spacial score (nSPS) is 15.3. The summed E-state index contributed by atoms with van der Waals surface area (Å²) in [5.41, 5.74) is 2.19. The predicted molar refractivity (Wildman–Crippen MR) is 88.5 cm³/mol. The van der Waals surface area contributed by atoms with Gasteiger partial charge in [-0.05, 0) is 23.3 Å². The number of benzene rings is 2. The maximum Gasteiger partial charge on any atom is 0.324 e. The Balaban J connectivity index is 1.53. The molecule has 1 heterocycles. The van der Waals surface area contributed by atoms with Gasteiger partial charge < -0.3 is 15.2 Å². The van der Waals surface area contributed by atoms with Crippen LogP contribution in [0.1, 0.15) is 0 Å². The number of nitrogens with one attached hydrogen (secondary N) is 1. The number of hydrogen-bond acceptors (Lipinski definition) is 4. The summed E-state index contributed by atoms with van der Waals surface area (Å²) in [7, 11) is 0. The van der Waals surface area contributed by atoms with Gasteiger partial charge in [-0.25, -0.2) is 4.79 Å². The van der Waals surface area contributed by atoms with Crippen LogP contribution in [0.3, 0.4) is 0 Å². The highest BCUT2D eigenvalue weighted by molar-refractivity contribution is 6.01. The highest BCUT2D eigenvalue weighted by Crippen LogP contribution is 2.22. The molecule has 1 aliphatic heterocycles. The van der Waals surface area contributed by atoms with E-state index in [2.05, 4.69) is 5.32 Å². The van der Waals surface area contributed by atoms with Gasteiger partial charge in [0.1, 0.15) is 18.5 Å². The molecule has 1 atom stereocenters. The SMILES string of the molecule is O=C1CNC(=O)N1C[C@@H](O)COc1ccc(-c2ccccc2)cc1. The predicted octanol–water partition coefficient (Wildman–Crippen LogP) is 1.65. The van der Waals surface area contributed by atoms with Crippen molar-refractivity contribution in [2.75, 3.05) is 19.7 Å². The van der Waals surface area contributed by atoms with Crippen molar-refractivity contribution in [3.05, 3.63) is 54.6 Å². The van der Waals surface area contributed by atoms with Crippen molar-refractivity contribution in [3.63, 3.8) is 0 Å². The standard InChI is InChI=1S/C18H18N2O4/c21-15(11-20-17(22)10-19-18(20)23)12-24-16-8-6-14(7-9-16)13-4-2-1-3-5-13/h1-9,15,21H,10-12H2,(H,19,23)/t15-/m1/s1. The Hall–Kier alpha value is -2.86. The van der Waals surface area contributed by atoms with Gasteiger partial charge in [-0.3, -0.25) is 9.69 Å². The van der Waals surface area contributed by atoms with Crippen LogP contribution in [0.5, 0.6) is 5.75 Å². The summed E-state index contributed by atoms with van der Waals surface area (Å²) in [6.45, 7) is -0.0954. The number of carbonyl (C=O) groups excluding carboxylic acids is 2. The fourth-order valence-corrected chi connectivity index (χ4v) is 2.47. The molecule has 24 heavy (non-hydrogen) atoms. The third-order valence-corrected chi connectivity index (χ3v) is 3.73. The molecule has 0 saturated carbocycles. The lowest BCUT2D eigenvalue weighted by atomic mass is 10.1. The molecule has 0 aromatic heterocycles. The minimum absolute atomic E-state index is 0.00173. The van der Waals surface area contributed by atoms with E-state index in [4.69, 9.17) is 4.74 Å². The summed E-state index contributed by atoms with van der Waals surface area (Å²) in [5, 5.41) is 12.3. The van der Waals surface area contributed by atoms with Crippen molar-refractivity contribution in [2.24, 2.45) is 0 Å². The third-order valence-electron chi connectivity index (χ3n) is 3.73. The molecule has 124 valence electrons. The van der Waals surface area contributed by atoms with Crippen molar-refractivity contribution in [1.82, 2.24) is 10.2 Å². The Kier molecular flexibility index (Phi) is 4.77. The number of imide groups is 1. The van der Waals surface area contributed by atoms with E-state index in [1.807, 2.05) is 54.6 Å². The van der Waals surface area contributed by atoms with E-state index in [1.165, 1.54) is 0 Å². The number of hydrogen-bond donors (Lipinski definition) is 2. The average molecular weight is 326 g/mol. The van der Waals surface area contributed by atoms with Crippen molar-refractivity contribution in [3.8, 4) is 16.9 Å². The summed E-state index contributed by atoms with van der Waals surface area (Å²) in [6, 6.07) is 17.0. The van der Waals surface area contributed by atoms with Crippen molar-refractivity contribution >= 4 is 11.9 Å². The number of aliphatic hydroxyl groups excluding tert-OH is 1. The molecular weight excluding hydrogens is 308 g/mol. The maximum atomic E-state index is 11.5. The van der Waals surface area contributed by atoms with Crippen LogP contribution in [0, 0.1) is 0 Å². The summed E-state index contributed by atoms with van der Waals surface area (Å²) in [5.74, 6) is 0.275.